The fourth-order valence-corrected chi connectivity index (χ4v) is 3.28. The number of amides is 2. The second kappa shape index (κ2) is 12.7. The summed E-state index contributed by atoms with van der Waals surface area (Å²) in [6.07, 6.45) is 2.49. The lowest BCUT2D eigenvalue weighted by Gasteiger charge is -2.34. The first-order chi connectivity index (χ1) is 13.4. The number of aliphatic imine (C=N–C) groups is 1. The molecule has 2 rings (SSSR count). The summed E-state index contributed by atoms with van der Waals surface area (Å²) in [6, 6.07) is 7.77. The molecule has 0 radical (unpaired) electrons. The highest BCUT2D eigenvalue weighted by Gasteiger charge is 2.23. The number of benzene rings is 1. The summed E-state index contributed by atoms with van der Waals surface area (Å²) < 4.78 is 0. The number of guanidine groups is 1. The van der Waals surface area contributed by atoms with Crippen LogP contribution >= 0.6 is 24.0 Å². The normalized spacial score (nSPS) is 16.9. The predicted octanol–water partition coefficient (Wildman–Crippen LogP) is 2.95. The number of nitrogens with one attached hydrogen (secondary N) is 2. The summed E-state index contributed by atoms with van der Waals surface area (Å²) >= 11 is 0. The van der Waals surface area contributed by atoms with Gasteiger partial charge in [0.25, 0.3) is 0 Å². The third-order valence-corrected chi connectivity index (χ3v) is 4.80. The van der Waals surface area contributed by atoms with Gasteiger partial charge in [-0.3, -0.25) is 9.59 Å². The van der Waals surface area contributed by atoms with Crippen LogP contribution in [0.15, 0.2) is 29.3 Å². The topological polar surface area (TPSA) is 99.8 Å². The van der Waals surface area contributed by atoms with Crippen molar-refractivity contribution in [2.24, 2.45) is 22.6 Å². The van der Waals surface area contributed by atoms with E-state index in [-0.39, 0.29) is 41.7 Å². The van der Waals surface area contributed by atoms with Crippen molar-refractivity contribution >= 4 is 47.4 Å². The van der Waals surface area contributed by atoms with Crippen LogP contribution in [0.1, 0.15) is 45.6 Å². The van der Waals surface area contributed by atoms with E-state index >= 15 is 0 Å². The van der Waals surface area contributed by atoms with Crippen LogP contribution in [-0.4, -0.2) is 42.3 Å². The maximum atomic E-state index is 11.8. The molecule has 1 aliphatic rings. The molecule has 1 aromatic carbocycles. The van der Waals surface area contributed by atoms with Crippen LogP contribution in [0.3, 0.4) is 0 Å². The molecule has 7 nitrogen and oxygen atoms in total. The fourth-order valence-electron chi connectivity index (χ4n) is 3.28. The molecule has 1 saturated heterocycles. The van der Waals surface area contributed by atoms with Gasteiger partial charge in [0.15, 0.2) is 5.96 Å². The average molecular weight is 515 g/mol. The predicted molar refractivity (Wildman–Crippen MR) is 128 cm³/mol. The Bertz CT molecular complexity index is 691. The van der Waals surface area contributed by atoms with Gasteiger partial charge in [0.1, 0.15) is 0 Å². The van der Waals surface area contributed by atoms with E-state index in [1.807, 2.05) is 45.0 Å². The van der Waals surface area contributed by atoms with Crippen molar-refractivity contribution in [3.63, 3.8) is 0 Å². The van der Waals surface area contributed by atoms with Crippen molar-refractivity contribution in [2.75, 3.05) is 25.0 Å². The molecule has 4 N–H and O–H groups in total. The Morgan fingerprint density at radius 1 is 1.28 bits per heavy atom. The molecule has 1 aliphatic heterocycles. The molecule has 29 heavy (non-hydrogen) atoms. The van der Waals surface area contributed by atoms with Crippen molar-refractivity contribution in [1.82, 2.24) is 10.2 Å². The van der Waals surface area contributed by atoms with Gasteiger partial charge in [0.2, 0.25) is 11.8 Å². The van der Waals surface area contributed by atoms with Crippen molar-refractivity contribution < 1.29 is 9.59 Å². The molecule has 0 spiro atoms. The molecule has 1 heterocycles. The van der Waals surface area contributed by atoms with Gasteiger partial charge < -0.3 is 21.3 Å². The number of hydrogen-bond donors (Lipinski definition) is 3. The van der Waals surface area contributed by atoms with E-state index in [0.29, 0.717) is 18.9 Å². The number of carbonyl (C=O) groups excluding carboxylic acids is 2. The van der Waals surface area contributed by atoms with E-state index in [9.17, 15) is 9.59 Å². The minimum absolute atomic E-state index is 0. The number of anilines is 1. The summed E-state index contributed by atoms with van der Waals surface area (Å²) in [6.45, 7) is 8.86. The number of piperidine rings is 1. The van der Waals surface area contributed by atoms with Crippen LogP contribution in [0.4, 0.5) is 5.69 Å². The number of likely N-dealkylation sites (tertiary alicyclic amines) is 1. The maximum absolute atomic E-state index is 11.8. The summed E-state index contributed by atoms with van der Waals surface area (Å²) in [7, 11) is 0. The average Bonchev–Trinajstić information content (AvgIpc) is 2.66. The van der Waals surface area contributed by atoms with Crippen LogP contribution in [-0.2, 0) is 16.1 Å². The van der Waals surface area contributed by atoms with E-state index in [1.165, 1.54) is 0 Å². The molecule has 1 atom stereocenters. The Balaban J connectivity index is 0.00000420. The fraction of sp³-hybridized carbons (Fsp3) is 0.571. The Labute approximate surface area is 190 Å². The minimum atomic E-state index is -0.238. The first-order valence-electron chi connectivity index (χ1n) is 10.1. The summed E-state index contributed by atoms with van der Waals surface area (Å²) in [5.41, 5.74) is 7.24. The molecule has 1 aromatic rings. The molecular formula is C21H34IN5O2. The number of hydrogen-bond acceptors (Lipinski definition) is 3. The lowest BCUT2D eigenvalue weighted by molar-refractivity contribution is -0.119. The van der Waals surface area contributed by atoms with Crippen molar-refractivity contribution in [1.29, 1.82) is 0 Å². The van der Waals surface area contributed by atoms with E-state index in [1.54, 1.807) is 0 Å². The number of primary amides is 1. The van der Waals surface area contributed by atoms with Crippen LogP contribution in [0.5, 0.6) is 0 Å². The zero-order valence-corrected chi connectivity index (χ0v) is 19.9. The zero-order chi connectivity index (χ0) is 20.5. The van der Waals surface area contributed by atoms with Gasteiger partial charge in [-0.1, -0.05) is 26.0 Å². The van der Waals surface area contributed by atoms with Gasteiger partial charge >= 0.3 is 0 Å². The van der Waals surface area contributed by atoms with Gasteiger partial charge in [-0.2, -0.15) is 0 Å². The molecule has 8 heteroatoms. The largest absolute Gasteiger partial charge is 0.370 e. The lowest BCUT2D eigenvalue weighted by Crippen LogP contribution is -2.47. The molecular weight excluding hydrogens is 481 g/mol. The molecule has 0 aliphatic carbocycles. The highest BCUT2D eigenvalue weighted by molar-refractivity contribution is 14.0. The van der Waals surface area contributed by atoms with E-state index in [0.717, 1.165) is 49.7 Å². The smallest absolute Gasteiger partial charge is 0.226 e. The second-order valence-electron chi connectivity index (χ2n) is 7.64. The first kappa shape index (κ1) is 25.2. The Morgan fingerprint density at radius 3 is 2.55 bits per heavy atom. The van der Waals surface area contributed by atoms with Crippen LogP contribution in [0.2, 0.25) is 0 Å². The molecule has 0 bridgehead atoms. The van der Waals surface area contributed by atoms with Crippen molar-refractivity contribution in [3.8, 4) is 0 Å². The van der Waals surface area contributed by atoms with Crippen molar-refractivity contribution in [2.45, 2.75) is 46.6 Å². The van der Waals surface area contributed by atoms with Gasteiger partial charge in [0.05, 0.1) is 6.54 Å². The Hall–Kier alpha value is -1.84. The highest BCUT2D eigenvalue weighted by Crippen LogP contribution is 2.20. The number of nitrogens with two attached hydrogens (primary N) is 1. The van der Waals surface area contributed by atoms with E-state index in [2.05, 4.69) is 15.5 Å². The molecule has 0 saturated carbocycles. The van der Waals surface area contributed by atoms with Gasteiger partial charge in [-0.15, -0.1) is 24.0 Å². The molecule has 1 unspecified atom stereocenters. The zero-order valence-electron chi connectivity index (χ0n) is 17.6. The number of rotatable bonds is 7. The Morgan fingerprint density at radius 2 is 1.97 bits per heavy atom. The van der Waals surface area contributed by atoms with Crippen LogP contribution in [0.25, 0.3) is 0 Å². The summed E-state index contributed by atoms with van der Waals surface area (Å²) in [5.74, 6) is 0.886. The first-order valence-corrected chi connectivity index (χ1v) is 10.1. The van der Waals surface area contributed by atoms with Gasteiger partial charge in [0, 0.05) is 37.7 Å². The third-order valence-electron chi connectivity index (χ3n) is 4.80. The minimum Gasteiger partial charge on any atom is -0.370 e. The van der Waals surface area contributed by atoms with Gasteiger partial charge in [-0.25, -0.2) is 4.99 Å². The van der Waals surface area contributed by atoms with E-state index in [4.69, 9.17) is 10.7 Å². The summed E-state index contributed by atoms with van der Waals surface area (Å²) in [5, 5.41) is 6.24. The molecule has 2 amide bonds. The SMILES string of the molecule is CCNC(=NCc1ccc(NC(=O)C(C)C)cc1)N1CCCC(CC(N)=O)C1.I. The number of nitrogens with zero attached hydrogens (tertiary/aromatic N) is 2. The monoisotopic (exact) mass is 515 g/mol. The molecule has 162 valence electrons. The number of carbonyl (C=O) groups is 2. The van der Waals surface area contributed by atoms with E-state index < -0.39 is 0 Å². The van der Waals surface area contributed by atoms with Gasteiger partial charge in [-0.05, 0) is 43.4 Å². The Kier molecular flexibility index (Phi) is 11.0. The lowest BCUT2D eigenvalue weighted by atomic mass is 9.95. The van der Waals surface area contributed by atoms with Crippen molar-refractivity contribution in [3.05, 3.63) is 29.8 Å². The second-order valence-corrected chi connectivity index (χ2v) is 7.64. The number of halogens is 1. The van der Waals surface area contributed by atoms with Crippen LogP contribution in [0, 0.1) is 11.8 Å². The summed E-state index contributed by atoms with van der Waals surface area (Å²) in [4.78, 5) is 30.0. The third kappa shape index (κ3) is 8.59. The quantitative estimate of drug-likeness (QED) is 0.296. The maximum Gasteiger partial charge on any atom is 0.226 e. The van der Waals surface area contributed by atoms with Crippen LogP contribution < -0.4 is 16.4 Å². The highest BCUT2D eigenvalue weighted by atomic mass is 127. The standard InChI is InChI=1S/C21H33N5O2.HI/c1-4-23-21(26-11-5-6-17(14-26)12-19(22)27)24-13-16-7-9-18(10-8-16)25-20(28)15(2)3;/h7-10,15,17H,4-6,11-14H2,1-3H3,(H2,22,27)(H,23,24)(H,25,28);1H. The molecule has 1 fully saturated rings. The molecule has 0 aromatic heterocycles.